The number of ether oxygens (including phenoxy) is 1. The Hall–Kier alpha value is -6.99. The number of carbonyl (C=O) groups is 5. The molecule has 4 aromatic rings. The maximum atomic E-state index is 14.8. The Kier molecular flexibility index (Phi) is 16.5. The van der Waals surface area contributed by atoms with Crippen LogP contribution in [-0.2, 0) is 31.0 Å². The summed E-state index contributed by atoms with van der Waals surface area (Å²) in [5.74, 6) is -3.78. The first-order chi connectivity index (χ1) is 31.2. The molecule has 8 N–H and O–H groups in total. The van der Waals surface area contributed by atoms with E-state index in [1.165, 1.54) is 18.0 Å². The highest BCUT2D eigenvalue weighted by Gasteiger charge is 2.36. The lowest BCUT2D eigenvalue weighted by Gasteiger charge is -2.32. The summed E-state index contributed by atoms with van der Waals surface area (Å²) in [5, 5.41) is 23.3. The zero-order chi connectivity index (χ0) is 48.5. The number of Topliss-reactive ketones (excluding diaryl/α,β-unsaturated/α-hetero) is 3. The van der Waals surface area contributed by atoms with Gasteiger partial charge in [0.2, 0.25) is 11.8 Å². The molecule has 66 heavy (non-hydrogen) atoms. The Balaban J connectivity index is 1.55. The van der Waals surface area contributed by atoms with Crippen LogP contribution >= 0.6 is 0 Å². The van der Waals surface area contributed by atoms with Gasteiger partial charge in [-0.1, -0.05) is 64.1 Å². The van der Waals surface area contributed by atoms with Gasteiger partial charge in [-0.15, -0.1) is 0 Å². The number of nitrogens with one attached hydrogen (secondary N) is 1. The Morgan fingerprint density at radius 1 is 1.00 bits per heavy atom. The number of aromatic hydroxyl groups is 1. The molecule has 5 rings (SSSR count). The fourth-order valence-corrected chi connectivity index (χ4v) is 8.21. The van der Waals surface area contributed by atoms with E-state index in [1.54, 1.807) is 51.1 Å². The lowest BCUT2D eigenvalue weighted by atomic mass is 9.86. The standard InChI is InChI=1S/C50H61N9O7/c1-28-23-42(63)45(59(7)48(65)34(18-20-52)27-41(62)44-29(2)56-46(57-30(44)3)32-11-14-35(15-12-32)50(4,5)6)33-13-17-43(66-22-21-55-49(53)54)37(26-33)36-24-31(10-16-39(36)60)25-38(58-47(28)64)40(61)9-8-19-51/h10-17,24,26,28,34,38,45,60H,8-9,18,20-23,25,27,52H2,1-7H3,(H,58,64)(H4,53,54,55)/t28-,34-,38+,45+/m1/s1. The highest BCUT2D eigenvalue weighted by molar-refractivity contribution is 6.01. The third-order valence-corrected chi connectivity index (χ3v) is 11.8. The van der Waals surface area contributed by atoms with Crippen LogP contribution in [-0.4, -0.2) is 87.9 Å². The van der Waals surface area contributed by atoms with Crippen LogP contribution in [0.4, 0.5) is 0 Å². The number of ketones is 3. The van der Waals surface area contributed by atoms with Crippen LogP contribution in [0.2, 0.25) is 0 Å². The fraction of sp³-hybridized carbons (Fsp3) is 0.420. The number of phenols is 1. The third-order valence-electron chi connectivity index (χ3n) is 11.8. The third kappa shape index (κ3) is 12.2. The molecule has 1 aromatic heterocycles. The number of nitriles is 1. The van der Waals surface area contributed by atoms with Gasteiger partial charge >= 0.3 is 0 Å². The molecule has 16 nitrogen and oxygen atoms in total. The molecule has 0 fully saturated rings. The van der Waals surface area contributed by atoms with Crippen molar-refractivity contribution in [1.82, 2.24) is 20.2 Å². The van der Waals surface area contributed by atoms with E-state index in [9.17, 15) is 34.3 Å². The van der Waals surface area contributed by atoms with Gasteiger partial charge in [-0.05, 0) is 79.6 Å². The molecule has 1 aliphatic rings. The van der Waals surface area contributed by atoms with Crippen LogP contribution < -0.4 is 27.3 Å². The van der Waals surface area contributed by atoms with Crippen molar-refractivity contribution in [3.63, 3.8) is 0 Å². The van der Waals surface area contributed by atoms with Gasteiger partial charge in [0, 0.05) is 61.3 Å². The quantitative estimate of drug-likeness (QED) is 0.0438. The van der Waals surface area contributed by atoms with Crippen molar-refractivity contribution >= 4 is 35.1 Å². The highest BCUT2D eigenvalue weighted by atomic mass is 16.5. The summed E-state index contributed by atoms with van der Waals surface area (Å²) in [6, 6.07) is 17.2. The lowest BCUT2D eigenvalue weighted by molar-refractivity contribution is -0.142. The number of nitrogens with zero attached hydrogens (tertiary/aromatic N) is 5. The topological polar surface area (TPSA) is 270 Å². The van der Waals surface area contributed by atoms with Gasteiger partial charge in [-0.3, -0.25) is 29.0 Å². The van der Waals surface area contributed by atoms with E-state index in [-0.39, 0.29) is 92.5 Å². The van der Waals surface area contributed by atoms with Gasteiger partial charge in [-0.25, -0.2) is 9.97 Å². The molecule has 2 heterocycles. The number of aliphatic imine (C=N–C) groups is 1. The zero-order valence-corrected chi connectivity index (χ0v) is 38.8. The number of hydrogen-bond donors (Lipinski definition) is 5. The largest absolute Gasteiger partial charge is 0.507 e. The number of rotatable bonds is 15. The molecule has 4 bridgehead atoms. The maximum Gasteiger partial charge on any atom is 0.226 e. The monoisotopic (exact) mass is 899 g/mol. The first-order valence-corrected chi connectivity index (χ1v) is 22.1. The number of nitrogens with two attached hydrogens (primary N) is 3. The minimum Gasteiger partial charge on any atom is -0.507 e. The Labute approximate surface area is 386 Å². The minimum absolute atomic E-state index is 0.0339. The number of aryl methyl sites for hydroxylation is 2. The Morgan fingerprint density at radius 3 is 2.30 bits per heavy atom. The van der Waals surface area contributed by atoms with Crippen LogP contribution in [0.25, 0.3) is 22.5 Å². The average molecular weight is 900 g/mol. The van der Waals surface area contributed by atoms with E-state index in [0.717, 1.165) is 11.1 Å². The number of carbonyl (C=O) groups excluding carboxylic acids is 5. The van der Waals surface area contributed by atoms with E-state index in [2.05, 4.69) is 31.1 Å². The van der Waals surface area contributed by atoms with Gasteiger partial charge in [0.15, 0.2) is 29.1 Å². The van der Waals surface area contributed by atoms with Crippen molar-refractivity contribution in [1.29, 1.82) is 5.26 Å². The molecule has 0 aliphatic carbocycles. The molecular formula is C50H61N9O7. The Bertz CT molecular complexity index is 2520. The number of benzene rings is 3. The second kappa shape index (κ2) is 21.8. The Morgan fingerprint density at radius 2 is 1.68 bits per heavy atom. The number of fused-ring (bicyclic) bond motifs is 5. The first kappa shape index (κ1) is 50.0. The van der Waals surface area contributed by atoms with Crippen LogP contribution in [0.3, 0.4) is 0 Å². The second-order valence-electron chi connectivity index (χ2n) is 17.9. The number of aromatic nitrogens is 2. The zero-order valence-electron chi connectivity index (χ0n) is 38.8. The number of phenolic OH excluding ortho intramolecular Hbond substituents is 1. The van der Waals surface area contributed by atoms with Gasteiger partial charge in [0.05, 0.1) is 35.6 Å². The normalized spacial score (nSPS) is 16.8. The number of hydrogen-bond acceptors (Lipinski definition) is 12. The summed E-state index contributed by atoms with van der Waals surface area (Å²) < 4.78 is 6.12. The summed E-state index contributed by atoms with van der Waals surface area (Å²) >= 11 is 0. The summed E-state index contributed by atoms with van der Waals surface area (Å²) in [4.78, 5) is 85.5. The maximum absolute atomic E-state index is 14.8. The van der Waals surface area contributed by atoms with Gasteiger partial charge in [0.25, 0.3) is 0 Å². The van der Waals surface area contributed by atoms with Crippen LogP contribution in [0, 0.1) is 37.0 Å². The predicted octanol–water partition coefficient (Wildman–Crippen LogP) is 5.33. The molecule has 0 saturated heterocycles. The lowest BCUT2D eigenvalue weighted by Crippen LogP contribution is -2.46. The molecule has 2 amide bonds. The average Bonchev–Trinajstić information content (AvgIpc) is 3.26. The second-order valence-corrected chi connectivity index (χ2v) is 17.9. The van der Waals surface area contributed by atoms with Gasteiger partial charge < -0.3 is 37.3 Å². The molecule has 1 aliphatic heterocycles. The SMILES string of the molecule is Cc1nc(-c2ccc(C(C)(C)C)cc2)nc(C)c1C(=O)C[C@@H](CCN)C(=O)N(C)[C@@H]1C(=O)C[C@@H](C)C(=O)N[C@H](C(=O)CCC#N)Cc2ccc(O)c(c2)-c2cc1ccc2OCCN=C(N)N. The highest BCUT2D eigenvalue weighted by Crippen LogP contribution is 2.40. The van der Waals surface area contributed by atoms with Crippen LogP contribution in [0.15, 0.2) is 65.7 Å². The van der Waals surface area contributed by atoms with E-state index in [0.29, 0.717) is 45.2 Å². The van der Waals surface area contributed by atoms with Crippen LogP contribution in [0.5, 0.6) is 11.5 Å². The summed E-state index contributed by atoms with van der Waals surface area (Å²) in [6.07, 6.45) is -0.607. The van der Waals surface area contributed by atoms with Crippen molar-refractivity contribution in [3.05, 3.63) is 94.3 Å². The van der Waals surface area contributed by atoms with Crippen molar-refractivity contribution < 1.29 is 33.8 Å². The molecule has 0 radical (unpaired) electrons. The van der Waals surface area contributed by atoms with E-state index >= 15 is 0 Å². The molecule has 16 heteroatoms. The summed E-state index contributed by atoms with van der Waals surface area (Å²) in [6.45, 7) is 11.6. The van der Waals surface area contributed by atoms with Crippen molar-refractivity contribution in [3.8, 4) is 40.1 Å². The first-order valence-electron chi connectivity index (χ1n) is 22.1. The molecule has 4 atom stereocenters. The number of guanidine groups is 1. The van der Waals surface area contributed by atoms with Crippen molar-refractivity contribution in [2.24, 2.45) is 34.0 Å². The summed E-state index contributed by atoms with van der Waals surface area (Å²) in [5.41, 5.74) is 21.8. The van der Waals surface area contributed by atoms with Crippen LogP contribution in [0.1, 0.15) is 104 Å². The number of likely N-dealkylation sites (N-methyl/N-ethyl adjacent to an activating group) is 1. The summed E-state index contributed by atoms with van der Waals surface area (Å²) in [7, 11) is 1.47. The molecular weight excluding hydrogens is 839 g/mol. The number of amides is 2. The van der Waals surface area contributed by atoms with E-state index in [1.807, 2.05) is 30.3 Å². The van der Waals surface area contributed by atoms with Crippen molar-refractivity contribution in [2.75, 3.05) is 26.7 Å². The van der Waals surface area contributed by atoms with Gasteiger partial charge in [0.1, 0.15) is 24.1 Å². The van der Waals surface area contributed by atoms with Crippen molar-refractivity contribution in [2.45, 2.75) is 97.6 Å². The molecule has 0 saturated carbocycles. The van der Waals surface area contributed by atoms with E-state index < -0.39 is 41.5 Å². The van der Waals surface area contributed by atoms with E-state index in [4.69, 9.17) is 31.9 Å². The fourth-order valence-electron chi connectivity index (χ4n) is 8.21. The van der Waals surface area contributed by atoms with Gasteiger partial charge in [-0.2, -0.15) is 5.26 Å². The molecule has 0 spiro atoms. The minimum atomic E-state index is -1.30. The molecule has 348 valence electrons. The molecule has 3 aromatic carbocycles. The molecule has 0 unspecified atom stereocenters. The predicted molar refractivity (Wildman–Crippen MR) is 251 cm³/mol. The smallest absolute Gasteiger partial charge is 0.226 e.